The fraction of sp³-hybridized carbons (Fsp3) is 0.538. The van der Waals surface area contributed by atoms with Gasteiger partial charge in [0.1, 0.15) is 0 Å². The molecule has 0 aromatic carbocycles. The summed E-state index contributed by atoms with van der Waals surface area (Å²) in [6, 6.07) is 4.33. The molecule has 3 N–H and O–H groups in total. The Morgan fingerprint density at radius 2 is 2.05 bits per heavy atom. The number of carbonyl (C=O) groups excluding carboxylic acids is 1. The molecule has 0 radical (unpaired) electrons. The van der Waals surface area contributed by atoms with Crippen molar-refractivity contribution in [2.45, 2.75) is 33.4 Å². The molecule has 1 rings (SSSR count). The van der Waals surface area contributed by atoms with E-state index in [0.717, 1.165) is 0 Å². The molecule has 0 aliphatic carbocycles. The van der Waals surface area contributed by atoms with Crippen LogP contribution in [0.1, 0.15) is 23.6 Å². The molecule has 1 heterocycles. The third-order valence-corrected chi connectivity index (χ3v) is 3.32. The van der Waals surface area contributed by atoms with Crippen molar-refractivity contribution in [3.8, 4) is 0 Å². The number of thiophene rings is 1. The number of hydrogen-bond donors (Lipinski definition) is 3. The highest BCUT2D eigenvalue weighted by molar-refractivity contribution is 14.0. The molecule has 20 heavy (non-hydrogen) atoms. The maximum atomic E-state index is 11.5. The zero-order chi connectivity index (χ0) is 14.3. The van der Waals surface area contributed by atoms with E-state index in [1.54, 1.807) is 18.4 Å². The summed E-state index contributed by atoms with van der Waals surface area (Å²) >= 11 is 1.75. The van der Waals surface area contributed by atoms with Gasteiger partial charge in [0.15, 0.2) is 5.96 Å². The number of nitrogens with one attached hydrogen (secondary N) is 3. The second kappa shape index (κ2) is 9.98. The van der Waals surface area contributed by atoms with E-state index in [0.29, 0.717) is 12.5 Å². The largest absolute Gasteiger partial charge is 0.352 e. The number of carbonyl (C=O) groups is 1. The number of halogens is 1. The number of rotatable bonds is 5. The summed E-state index contributed by atoms with van der Waals surface area (Å²) in [6.07, 6.45) is 0. The molecule has 7 heteroatoms. The minimum Gasteiger partial charge on any atom is -0.352 e. The number of nitrogens with zero attached hydrogens (tertiary/aromatic N) is 1. The van der Waals surface area contributed by atoms with Crippen LogP contribution in [-0.2, 0) is 11.3 Å². The van der Waals surface area contributed by atoms with Crippen LogP contribution in [0, 0.1) is 6.92 Å². The van der Waals surface area contributed by atoms with Gasteiger partial charge >= 0.3 is 0 Å². The molecule has 1 aromatic heterocycles. The van der Waals surface area contributed by atoms with Crippen LogP contribution in [0.3, 0.4) is 0 Å². The maximum Gasteiger partial charge on any atom is 0.239 e. The van der Waals surface area contributed by atoms with E-state index < -0.39 is 0 Å². The molecule has 0 saturated carbocycles. The van der Waals surface area contributed by atoms with Gasteiger partial charge in [0.2, 0.25) is 5.91 Å². The van der Waals surface area contributed by atoms with Gasteiger partial charge in [0.05, 0.1) is 13.1 Å². The molecule has 0 aliphatic rings. The lowest BCUT2D eigenvalue weighted by molar-refractivity contribution is -0.120. The summed E-state index contributed by atoms with van der Waals surface area (Å²) in [4.78, 5) is 18.1. The van der Waals surface area contributed by atoms with Crippen molar-refractivity contribution < 1.29 is 4.79 Å². The molecule has 1 amide bonds. The van der Waals surface area contributed by atoms with Crippen LogP contribution in [0.15, 0.2) is 17.1 Å². The SMILES string of the molecule is CN=C(NCC(=O)NC(C)C)NCc1ccc(C)s1.I. The van der Waals surface area contributed by atoms with Gasteiger partial charge in [-0.15, -0.1) is 35.3 Å². The van der Waals surface area contributed by atoms with E-state index in [-0.39, 0.29) is 42.5 Å². The summed E-state index contributed by atoms with van der Waals surface area (Å²) < 4.78 is 0. The Morgan fingerprint density at radius 3 is 2.55 bits per heavy atom. The lowest BCUT2D eigenvalue weighted by Crippen LogP contribution is -2.44. The van der Waals surface area contributed by atoms with E-state index in [2.05, 4.69) is 40.0 Å². The third-order valence-electron chi connectivity index (χ3n) is 2.32. The number of guanidine groups is 1. The minimum atomic E-state index is -0.0371. The molecule has 114 valence electrons. The van der Waals surface area contributed by atoms with Gasteiger partial charge in [-0.3, -0.25) is 9.79 Å². The zero-order valence-corrected chi connectivity index (χ0v) is 15.5. The van der Waals surface area contributed by atoms with Gasteiger partial charge < -0.3 is 16.0 Å². The second-order valence-corrected chi connectivity index (χ2v) is 5.89. The van der Waals surface area contributed by atoms with Gasteiger partial charge in [0.25, 0.3) is 0 Å². The highest BCUT2D eigenvalue weighted by Crippen LogP contribution is 2.14. The first-order valence-electron chi connectivity index (χ1n) is 6.30. The lowest BCUT2D eigenvalue weighted by atomic mass is 10.4. The van der Waals surface area contributed by atoms with Crippen molar-refractivity contribution in [1.82, 2.24) is 16.0 Å². The Kier molecular flexibility index (Phi) is 9.56. The Labute approximate surface area is 141 Å². The Hall–Kier alpha value is -0.830. The Bertz CT molecular complexity index is 445. The van der Waals surface area contributed by atoms with Gasteiger partial charge in [0, 0.05) is 22.8 Å². The highest BCUT2D eigenvalue weighted by atomic mass is 127. The predicted octanol–water partition coefficient (Wildman–Crippen LogP) is 1.86. The lowest BCUT2D eigenvalue weighted by Gasteiger charge is -2.12. The van der Waals surface area contributed by atoms with Crippen LogP contribution in [-0.4, -0.2) is 31.5 Å². The highest BCUT2D eigenvalue weighted by Gasteiger charge is 2.05. The molecule has 5 nitrogen and oxygen atoms in total. The summed E-state index contributed by atoms with van der Waals surface area (Å²) in [5.41, 5.74) is 0. The first kappa shape index (κ1) is 19.2. The van der Waals surface area contributed by atoms with Gasteiger partial charge in [-0.1, -0.05) is 0 Å². The molecule has 0 bridgehead atoms. The number of aliphatic imine (C=N–C) groups is 1. The average molecular weight is 410 g/mol. The van der Waals surface area contributed by atoms with E-state index in [1.807, 2.05) is 13.8 Å². The molecule has 0 atom stereocenters. The molecule has 0 fully saturated rings. The third kappa shape index (κ3) is 7.68. The van der Waals surface area contributed by atoms with Gasteiger partial charge in [-0.05, 0) is 32.9 Å². The number of aryl methyl sites for hydroxylation is 1. The van der Waals surface area contributed by atoms with Crippen LogP contribution in [0.25, 0.3) is 0 Å². The van der Waals surface area contributed by atoms with Crippen molar-refractivity contribution in [3.63, 3.8) is 0 Å². The summed E-state index contributed by atoms with van der Waals surface area (Å²) in [5, 5.41) is 8.98. The quantitative estimate of drug-likeness (QED) is 0.395. The van der Waals surface area contributed by atoms with E-state index in [1.165, 1.54) is 9.75 Å². The summed E-state index contributed by atoms with van der Waals surface area (Å²) in [6.45, 7) is 6.89. The van der Waals surface area contributed by atoms with Crippen molar-refractivity contribution in [3.05, 3.63) is 21.9 Å². The van der Waals surface area contributed by atoms with Crippen molar-refractivity contribution >= 4 is 47.2 Å². The summed E-state index contributed by atoms with van der Waals surface area (Å²) in [5.74, 6) is 0.592. The molecule has 0 spiro atoms. The van der Waals surface area contributed by atoms with E-state index in [9.17, 15) is 4.79 Å². The predicted molar refractivity (Wildman–Crippen MR) is 96.0 cm³/mol. The van der Waals surface area contributed by atoms with Gasteiger partial charge in [-0.2, -0.15) is 0 Å². The normalized spacial score (nSPS) is 10.9. The Balaban J connectivity index is 0.00000361. The fourth-order valence-corrected chi connectivity index (χ4v) is 2.34. The minimum absolute atomic E-state index is 0. The van der Waals surface area contributed by atoms with Gasteiger partial charge in [-0.25, -0.2) is 0 Å². The molecular formula is C13H23IN4OS. The first-order valence-corrected chi connectivity index (χ1v) is 7.12. The standard InChI is InChI=1S/C13H22N4OS.HI/c1-9(2)17-12(18)8-16-13(14-4)15-7-11-6-5-10(3)19-11;/h5-6,9H,7-8H2,1-4H3,(H,17,18)(H2,14,15,16);1H. The maximum absolute atomic E-state index is 11.5. The molecule has 0 unspecified atom stereocenters. The van der Waals surface area contributed by atoms with Crippen LogP contribution in [0.5, 0.6) is 0 Å². The topological polar surface area (TPSA) is 65.5 Å². The molecule has 0 saturated heterocycles. The van der Waals surface area contributed by atoms with Crippen molar-refractivity contribution in [2.75, 3.05) is 13.6 Å². The molecular weight excluding hydrogens is 387 g/mol. The van der Waals surface area contributed by atoms with Crippen LogP contribution in [0.4, 0.5) is 0 Å². The monoisotopic (exact) mass is 410 g/mol. The smallest absolute Gasteiger partial charge is 0.239 e. The van der Waals surface area contributed by atoms with E-state index in [4.69, 9.17) is 0 Å². The van der Waals surface area contributed by atoms with Crippen molar-refractivity contribution in [1.29, 1.82) is 0 Å². The molecule has 1 aromatic rings. The first-order chi connectivity index (χ1) is 9.01. The Morgan fingerprint density at radius 1 is 1.35 bits per heavy atom. The second-order valence-electron chi connectivity index (χ2n) is 4.51. The van der Waals surface area contributed by atoms with Crippen LogP contribution in [0.2, 0.25) is 0 Å². The summed E-state index contributed by atoms with van der Waals surface area (Å²) in [7, 11) is 1.69. The molecule has 0 aliphatic heterocycles. The fourth-order valence-electron chi connectivity index (χ4n) is 1.51. The number of amides is 1. The number of hydrogen-bond acceptors (Lipinski definition) is 3. The van der Waals surface area contributed by atoms with Crippen molar-refractivity contribution in [2.24, 2.45) is 4.99 Å². The van der Waals surface area contributed by atoms with E-state index >= 15 is 0 Å². The van der Waals surface area contributed by atoms with Crippen LogP contribution >= 0.6 is 35.3 Å². The average Bonchev–Trinajstić information content (AvgIpc) is 2.74. The van der Waals surface area contributed by atoms with Crippen LogP contribution < -0.4 is 16.0 Å². The zero-order valence-electron chi connectivity index (χ0n) is 12.3.